The van der Waals surface area contributed by atoms with Crippen LogP contribution in [0.3, 0.4) is 0 Å². The Labute approximate surface area is 206 Å². The average molecular weight is 471 g/mol. The molecule has 1 aliphatic carbocycles. The van der Waals surface area contributed by atoms with Crippen molar-refractivity contribution in [2.45, 2.75) is 70.5 Å². The van der Waals surface area contributed by atoms with Crippen LogP contribution in [-0.4, -0.2) is 31.7 Å². The lowest BCUT2D eigenvalue weighted by molar-refractivity contribution is 0.352. The summed E-state index contributed by atoms with van der Waals surface area (Å²) in [6.45, 7) is 7.50. The highest BCUT2D eigenvalue weighted by Crippen LogP contribution is 2.27. The molecule has 1 fully saturated rings. The summed E-state index contributed by atoms with van der Waals surface area (Å²) in [5.41, 5.74) is 3.98. The number of H-pyrrole nitrogens is 1. The standard InChI is InChI=1S/C28H34N6O/c1-28(2,3)21-11-9-20(10-12-21)26-31-24-17-25(35)33-34(24)27(32-26)30-23-15-13-22(14-16-23)29-18-19-7-5-4-6-8-19/h4-12,17,22-23,29H,13-16,18H2,1-3H3,(H,33,35)(H,30,31,32). The summed E-state index contributed by atoms with van der Waals surface area (Å²) in [5.74, 6) is 1.25. The molecule has 3 N–H and O–H groups in total. The molecular weight excluding hydrogens is 436 g/mol. The maximum Gasteiger partial charge on any atom is 0.266 e. The lowest BCUT2D eigenvalue weighted by atomic mass is 9.87. The van der Waals surface area contributed by atoms with Crippen LogP contribution < -0.4 is 16.2 Å². The van der Waals surface area contributed by atoms with Gasteiger partial charge in [-0.1, -0.05) is 75.4 Å². The number of benzene rings is 2. The molecule has 2 aromatic carbocycles. The topological polar surface area (TPSA) is 87.1 Å². The van der Waals surface area contributed by atoms with Crippen molar-refractivity contribution in [3.05, 3.63) is 82.1 Å². The van der Waals surface area contributed by atoms with Crippen LogP contribution in [0.4, 0.5) is 5.95 Å². The van der Waals surface area contributed by atoms with E-state index < -0.39 is 0 Å². The van der Waals surface area contributed by atoms with Crippen LogP contribution in [0.1, 0.15) is 57.6 Å². The number of aromatic nitrogens is 4. The van der Waals surface area contributed by atoms with Gasteiger partial charge in [0, 0.05) is 30.3 Å². The Morgan fingerprint density at radius 1 is 0.943 bits per heavy atom. The first-order valence-electron chi connectivity index (χ1n) is 12.5. The average Bonchev–Trinajstić information content (AvgIpc) is 3.24. The van der Waals surface area contributed by atoms with Crippen LogP contribution in [0.15, 0.2) is 65.5 Å². The van der Waals surface area contributed by atoms with Gasteiger partial charge in [0.1, 0.15) is 0 Å². The van der Waals surface area contributed by atoms with Crippen molar-refractivity contribution >= 4 is 11.6 Å². The van der Waals surface area contributed by atoms with Crippen molar-refractivity contribution in [3.8, 4) is 11.4 Å². The quantitative estimate of drug-likeness (QED) is 0.373. The molecule has 5 rings (SSSR count). The van der Waals surface area contributed by atoms with E-state index in [-0.39, 0.29) is 11.0 Å². The Morgan fingerprint density at radius 3 is 2.31 bits per heavy atom. The molecule has 0 unspecified atom stereocenters. The van der Waals surface area contributed by atoms with E-state index in [2.05, 4.69) is 96.1 Å². The summed E-state index contributed by atoms with van der Waals surface area (Å²) in [6, 6.07) is 21.2. The third kappa shape index (κ3) is 5.46. The first-order valence-corrected chi connectivity index (χ1v) is 12.5. The van der Waals surface area contributed by atoms with E-state index >= 15 is 0 Å². The fourth-order valence-electron chi connectivity index (χ4n) is 4.74. The smallest absolute Gasteiger partial charge is 0.266 e. The van der Waals surface area contributed by atoms with Gasteiger partial charge in [-0.25, -0.2) is 9.50 Å². The molecule has 7 heteroatoms. The molecule has 182 valence electrons. The molecule has 1 aliphatic rings. The van der Waals surface area contributed by atoms with Crippen molar-refractivity contribution < 1.29 is 0 Å². The van der Waals surface area contributed by atoms with Crippen molar-refractivity contribution in [1.29, 1.82) is 0 Å². The minimum atomic E-state index is -0.184. The van der Waals surface area contributed by atoms with E-state index in [9.17, 15) is 4.79 Å². The third-order valence-corrected chi connectivity index (χ3v) is 6.86. The number of hydrogen-bond donors (Lipinski definition) is 3. The number of anilines is 1. The van der Waals surface area contributed by atoms with Gasteiger partial charge in [-0.3, -0.25) is 9.89 Å². The molecule has 7 nitrogen and oxygen atoms in total. The maximum atomic E-state index is 12.1. The Bertz CT molecular complexity index is 1330. The molecule has 0 bridgehead atoms. The zero-order chi connectivity index (χ0) is 24.4. The second-order valence-corrected chi connectivity index (χ2v) is 10.6. The molecule has 2 aromatic heterocycles. The summed E-state index contributed by atoms with van der Waals surface area (Å²) >= 11 is 0. The minimum Gasteiger partial charge on any atom is -0.351 e. The summed E-state index contributed by atoms with van der Waals surface area (Å²) < 4.78 is 1.66. The van der Waals surface area contributed by atoms with Crippen LogP contribution in [0.5, 0.6) is 0 Å². The predicted molar refractivity (Wildman–Crippen MR) is 141 cm³/mol. The zero-order valence-corrected chi connectivity index (χ0v) is 20.7. The van der Waals surface area contributed by atoms with Crippen LogP contribution in [0, 0.1) is 0 Å². The second-order valence-electron chi connectivity index (χ2n) is 10.6. The number of fused-ring (bicyclic) bond motifs is 1. The molecule has 0 atom stereocenters. The van der Waals surface area contributed by atoms with E-state index in [0.29, 0.717) is 29.5 Å². The van der Waals surface area contributed by atoms with Crippen molar-refractivity contribution in [1.82, 2.24) is 24.9 Å². The number of rotatable bonds is 6. The minimum absolute atomic E-state index is 0.0821. The van der Waals surface area contributed by atoms with Crippen LogP contribution >= 0.6 is 0 Å². The van der Waals surface area contributed by atoms with Gasteiger partial charge in [0.25, 0.3) is 5.56 Å². The largest absolute Gasteiger partial charge is 0.351 e. The molecule has 2 heterocycles. The highest BCUT2D eigenvalue weighted by Gasteiger charge is 2.23. The van der Waals surface area contributed by atoms with Gasteiger partial charge in [0.05, 0.1) is 0 Å². The van der Waals surface area contributed by atoms with Crippen LogP contribution in [0.25, 0.3) is 17.0 Å². The predicted octanol–water partition coefficient (Wildman–Crippen LogP) is 4.90. The summed E-state index contributed by atoms with van der Waals surface area (Å²) in [4.78, 5) is 21.6. The summed E-state index contributed by atoms with van der Waals surface area (Å²) in [6.07, 6.45) is 4.28. The van der Waals surface area contributed by atoms with E-state index in [1.807, 2.05) is 0 Å². The van der Waals surface area contributed by atoms with Crippen molar-refractivity contribution in [2.75, 3.05) is 5.32 Å². The summed E-state index contributed by atoms with van der Waals surface area (Å²) in [5, 5.41) is 10.1. The van der Waals surface area contributed by atoms with Crippen molar-refractivity contribution in [3.63, 3.8) is 0 Å². The van der Waals surface area contributed by atoms with Gasteiger partial charge in [0.15, 0.2) is 11.5 Å². The molecule has 4 aromatic rings. The molecule has 35 heavy (non-hydrogen) atoms. The Kier molecular flexibility index (Phi) is 6.43. The maximum absolute atomic E-state index is 12.1. The fraction of sp³-hybridized carbons (Fsp3) is 0.393. The molecular formula is C28H34N6O. The van der Waals surface area contributed by atoms with Gasteiger partial charge < -0.3 is 10.6 Å². The zero-order valence-electron chi connectivity index (χ0n) is 20.7. The van der Waals surface area contributed by atoms with E-state index in [1.54, 1.807) is 4.52 Å². The first kappa shape index (κ1) is 23.3. The highest BCUT2D eigenvalue weighted by atomic mass is 16.1. The van der Waals surface area contributed by atoms with E-state index in [1.165, 1.54) is 17.2 Å². The number of hydrogen-bond acceptors (Lipinski definition) is 5. The molecule has 0 amide bonds. The Balaban J connectivity index is 1.30. The highest BCUT2D eigenvalue weighted by molar-refractivity contribution is 5.61. The van der Waals surface area contributed by atoms with E-state index in [0.717, 1.165) is 37.8 Å². The molecule has 0 saturated heterocycles. The van der Waals surface area contributed by atoms with Gasteiger partial charge in [0.2, 0.25) is 5.95 Å². The normalized spacial score (nSPS) is 18.6. The SMILES string of the molecule is CC(C)(C)c1ccc(-c2nc(NC3CCC(NCc4ccccc4)CC3)n3[nH]c(=O)cc3n2)cc1. The van der Waals surface area contributed by atoms with Gasteiger partial charge in [-0.15, -0.1) is 0 Å². The molecule has 0 aliphatic heterocycles. The second kappa shape index (κ2) is 9.66. The van der Waals surface area contributed by atoms with Gasteiger partial charge in [-0.2, -0.15) is 4.98 Å². The van der Waals surface area contributed by atoms with Gasteiger partial charge >= 0.3 is 0 Å². The first-order chi connectivity index (χ1) is 16.8. The van der Waals surface area contributed by atoms with Crippen molar-refractivity contribution in [2.24, 2.45) is 0 Å². The molecule has 1 saturated carbocycles. The molecule has 0 spiro atoms. The number of nitrogens with one attached hydrogen (secondary N) is 3. The Morgan fingerprint density at radius 2 is 1.63 bits per heavy atom. The number of nitrogens with zero attached hydrogens (tertiary/aromatic N) is 3. The number of aromatic amines is 1. The summed E-state index contributed by atoms with van der Waals surface area (Å²) in [7, 11) is 0. The van der Waals surface area contributed by atoms with E-state index in [4.69, 9.17) is 4.98 Å². The monoisotopic (exact) mass is 470 g/mol. The lowest BCUT2D eigenvalue weighted by Gasteiger charge is -2.30. The Hall–Kier alpha value is -3.45. The van der Waals surface area contributed by atoms with Crippen LogP contribution in [0.2, 0.25) is 0 Å². The van der Waals surface area contributed by atoms with Gasteiger partial charge in [-0.05, 0) is 42.2 Å². The fourth-order valence-corrected chi connectivity index (χ4v) is 4.74. The van der Waals surface area contributed by atoms with Crippen LogP contribution in [-0.2, 0) is 12.0 Å². The lowest BCUT2D eigenvalue weighted by Crippen LogP contribution is -2.37. The molecule has 0 radical (unpaired) electrons. The third-order valence-electron chi connectivity index (χ3n) is 6.86.